The molecule has 1 aliphatic heterocycles. The van der Waals surface area contributed by atoms with Gasteiger partial charge in [0.2, 0.25) is 0 Å². The highest BCUT2D eigenvalue weighted by molar-refractivity contribution is 7.16. The highest BCUT2D eigenvalue weighted by atomic mass is 35.5. The number of hydrogen-bond acceptors (Lipinski definition) is 5. The van der Waals surface area contributed by atoms with Gasteiger partial charge in [0, 0.05) is 31.9 Å². The number of rotatable bonds is 2. The van der Waals surface area contributed by atoms with E-state index in [1.807, 2.05) is 23.1 Å². The van der Waals surface area contributed by atoms with Crippen molar-refractivity contribution in [2.45, 2.75) is 13.0 Å². The van der Waals surface area contributed by atoms with Crippen LogP contribution < -0.4 is 5.32 Å². The maximum absolute atomic E-state index is 12.5. The molecule has 1 saturated heterocycles. The molecule has 0 unspecified atom stereocenters. The zero-order valence-electron chi connectivity index (χ0n) is 12.1. The molecular formula is C14H18Cl2N4OS. The summed E-state index contributed by atoms with van der Waals surface area (Å²) in [6.45, 7) is 4.50. The molecule has 22 heavy (non-hydrogen) atoms. The minimum Gasteiger partial charge on any atom is -0.333 e. The molecule has 1 atom stereocenters. The van der Waals surface area contributed by atoms with Gasteiger partial charge in [0.15, 0.2) is 0 Å². The molecule has 3 rings (SSSR count). The second kappa shape index (κ2) is 8.43. The first-order valence-corrected chi connectivity index (χ1v) is 7.46. The van der Waals surface area contributed by atoms with Gasteiger partial charge < -0.3 is 10.2 Å². The lowest BCUT2D eigenvalue weighted by molar-refractivity contribution is 0.0660. The van der Waals surface area contributed by atoms with Crippen molar-refractivity contribution in [3.8, 4) is 10.7 Å². The molecule has 2 aromatic heterocycles. The predicted octanol–water partition coefficient (Wildman–Crippen LogP) is 2.48. The van der Waals surface area contributed by atoms with Gasteiger partial charge in [-0.1, -0.05) is 6.07 Å². The topological polar surface area (TPSA) is 58.1 Å². The molecule has 8 heteroatoms. The van der Waals surface area contributed by atoms with E-state index in [1.54, 1.807) is 12.4 Å². The van der Waals surface area contributed by atoms with Gasteiger partial charge in [-0.05, 0) is 19.1 Å². The molecule has 5 nitrogen and oxygen atoms in total. The number of hydrogen-bond donors (Lipinski definition) is 1. The number of aromatic nitrogens is 2. The second-order valence-electron chi connectivity index (χ2n) is 4.80. The Hall–Kier alpha value is -1.21. The zero-order chi connectivity index (χ0) is 13.9. The summed E-state index contributed by atoms with van der Waals surface area (Å²) in [6, 6.07) is 5.91. The summed E-state index contributed by atoms with van der Waals surface area (Å²) < 4.78 is 0. The standard InChI is InChI=1S/C14H16N4OS.2ClH/c1-10-8-15-6-7-18(10)14(19)12-9-17-13(20-12)11-4-2-3-5-16-11;;/h2-5,9-10,15H,6-8H2,1H3;2*1H/t10-;;/m1../s1. The van der Waals surface area contributed by atoms with Crippen LogP contribution in [0.3, 0.4) is 0 Å². The van der Waals surface area contributed by atoms with Crippen LogP contribution in [-0.4, -0.2) is 46.5 Å². The molecule has 0 saturated carbocycles. The van der Waals surface area contributed by atoms with Crippen LogP contribution in [0.15, 0.2) is 30.6 Å². The number of pyridine rings is 1. The fraction of sp³-hybridized carbons (Fsp3) is 0.357. The molecule has 0 aromatic carbocycles. The lowest BCUT2D eigenvalue weighted by Gasteiger charge is -2.33. The molecule has 1 N–H and O–H groups in total. The summed E-state index contributed by atoms with van der Waals surface area (Å²) >= 11 is 1.40. The molecule has 0 aliphatic carbocycles. The van der Waals surface area contributed by atoms with Gasteiger partial charge in [-0.15, -0.1) is 36.2 Å². The van der Waals surface area contributed by atoms with Crippen LogP contribution in [0.4, 0.5) is 0 Å². The van der Waals surface area contributed by atoms with Crippen molar-refractivity contribution < 1.29 is 4.79 Å². The van der Waals surface area contributed by atoms with Gasteiger partial charge >= 0.3 is 0 Å². The average molecular weight is 361 g/mol. The zero-order valence-corrected chi connectivity index (χ0v) is 14.5. The molecule has 1 amide bonds. The summed E-state index contributed by atoms with van der Waals surface area (Å²) in [5.74, 6) is 0.0682. The van der Waals surface area contributed by atoms with Crippen LogP contribution >= 0.6 is 36.2 Å². The Morgan fingerprint density at radius 3 is 2.86 bits per heavy atom. The number of halogens is 2. The van der Waals surface area contributed by atoms with Crippen molar-refractivity contribution in [2.24, 2.45) is 0 Å². The SMILES string of the molecule is C[C@@H]1CNCCN1C(=O)c1cnc(-c2ccccn2)s1.Cl.Cl. The van der Waals surface area contributed by atoms with E-state index < -0.39 is 0 Å². The Balaban J connectivity index is 0.00000121. The molecular weight excluding hydrogens is 343 g/mol. The number of nitrogens with one attached hydrogen (secondary N) is 1. The third kappa shape index (κ3) is 3.95. The third-order valence-electron chi connectivity index (χ3n) is 3.36. The first-order chi connectivity index (χ1) is 9.75. The van der Waals surface area contributed by atoms with Gasteiger partial charge in [0.1, 0.15) is 9.88 Å². The van der Waals surface area contributed by atoms with E-state index >= 15 is 0 Å². The Bertz CT molecular complexity index is 608. The number of carbonyl (C=O) groups is 1. The monoisotopic (exact) mass is 360 g/mol. The molecule has 1 aliphatic rings. The number of amides is 1. The van der Waals surface area contributed by atoms with Crippen LogP contribution in [0.2, 0.25) is 0 Å². The van der Waals surface area contributed by atoms with Crippen LogP contribution in [0.1, 0.15) is 16.6 Å². The first kappa shape index (κ1) is 18.8. The minimum absolute atomic E-state index is 0. The smallest absolute Gasteiger partial charge is 0.265 e. The van der Waals surface area contributed by atoms with Crippen molar-refractivity contribution in [3.63, 3.8) is 0 Å². The Labute approximate surface area is 146 Å². The van der Waals surface area contributed by atoms with Crippen molar-refractivity contribution in [2.75, 3.05) is 19.6 Å². The highest BCUT2D eigenvalue weighted by Crippen LogP contribution is 2.24. The molecule has 2 aromatic rings. The summed E-state index contributed by atoms with van der Waals surface area (Å²) in [6.07, 6.45) is 3.39. The Morgan fingerprint density at radius 2 is 2.18 bits per heavy atom. The predicted molar refractivity (Wildman–Crippen MR) is 93.2 cm³/mol. The van der Waals surface area contributed by atoms with E-state index in [0.29, 0.717) is 4.88 Å². The normalized spacial score (nSPS) is 17.3. The fourth-order valence-corrected chi connectivity index (χ4v) is 3.11. The van der Waals surface area contributed by atoms with E-state index in [0.717, 1.165) is 30.3 Å². The second-order valence-corrected chi connectivity index (χ2v) is 5.83. The maximum atomic E-state index is 12.5. The van der Waals surface area contributed by atoms with E-state index in [-0.39, 0.29) is 36.8 Å². The van der Waals surface area contributed by atoms with Crippen molar-refractivity contribution in [1.29, 1.82) is 0 Å². The van der Waals surface area contributed by atoms with Crippen molar-refractivity contribution in [1.82, 2.24) is 20.2 Å². The van der Waals surface area contributed by atoms with Crippen molar-refractivity contribution in [3.05, 3.63) is 35.5 Å². The van der Waals surface area contributed by atoms with E-state index in [9.17, 15) is 4.79 Å². The molecule has 1 fully saturated rings. The maximum Gasteiger partial charge on any atom is 0.265 e. The molecule has 0 radical (unpaired) electrons. The van der Waals surface area contributed by atoms with Gasteiger partial charge in [-0.25, -0.2) is 4.98 Å². The summed E-state index contributed by atoms with van der Waals surface area (Å²) in [5, 5.41) is 4.07. The van der Waals surface area contributed by atoms with Gasteiger partial charge in [0.05, 0.1) is 11.9 Å². The van der Waals surface area contributed by atoms with Crippen LogP contribution in [0, 0.1) is 0 Å². The van der Waals surface area contributed by atoms with E-state index in [1.165, 1.54) is 11.3 Å². The summed E-state index contributed by atoms with van der Waals surface area (Å²) in [4.78, 5) is 23.7. The fourth-order valence-electron chi connectivity index (χ4n) is 2.26. The molecule has 3 heterocycles. The van der Waals surface area contributed by atoms with Crippen LogP contribution in [0.25, 0.3) is 10.7 Å². The van der Waals surface area contributed by atoms with Gasteiger partial charge in [-0.3, -0.25) is 9.78 Å². The number of nitrogens with zero attached hydrogens (tertiary/aromatic N) is 3. The number of carbonyl (C=O) groups excluding carboxylic acids is 1. The van der Waals surface area contributed by atoms with Gasteiger partial charge in [0.25, 0.3) is 5.91 Å². The van der Waals surface area contributed by atoms with Crippen LogP contribution in [-0.2, 0) is 0 Å². The lowest BCUT2D eigenvalue weighted by Crippen LogP contribution is -2.52. The minimum atomic E-state index is 0. The van der Waals surface area contributed by atoms with E-state index in [2.05, 4.69) is 22.2 Å². The Kier molecular flexibility index (Phi) is 7.22. The molecule has 0 bridgehead atoms. The Morgan fingerprint density at radius 1 is 1.36 bits per heavy atom. The highest BCUT2D eigenvalue weighted by Gasteiger charge is 2.25. The van der Waals surface area contributed by atoms with E-state index in [4.69, 9.17) is 0 Å². The van der Waals surface area contributed by atoms with Crippen LogP contribution in [0.5, 0.6) is 0 Å². The first-order valence-electron chi connectivity index (χ1n) is 6.64. The number of piperazine rings is 1. The largest absolute Gasteiger partial charge is 0.333 e. The van der Waals surface area contributed by atoms with Gasteiger partial charge in [-0.2, -0.15) is 0 Å². The average Bonchev–Trinajstić information content (AvgIpc) is 2.98. The molecule has 120 valence electrons. The summed E-state index contributed by atoms with van der Waals surface area (Å²) in [7, 11) is 0. The lowest BCUT2D eigenvalue weighted by atomic mass is 10.2. The third-order valence-corrected chi connectivity index (χ3v) is 4.37. The van der Waals surface area contributed by atoms with Crippen molar-refractivity contribution >= 4 is 42.1 Å². The molecule has 0 spiro atoms. The summed E-state index contributed by atoms with van der Waals surface area (Å²) in [5.41, 5.74) is 0.810. The number of thiazole rings is 1. The quantitative estimate of drug-likeness (QED) is 0.893.